The smallest absolute Gasteiger partial charge is 0.271 e. The zero-order chi connectivity index (χ0) is 18.1. The number of hydrogen-bond acceptors (Lipinski definition) is 6. The molecule has 8 nitrogen and oxygen atoms in total. The van der Waals surface area contributed by atoms with Crippen LogP contribution in [0.25, 0.3) is 0 Å². The molecule has 4 heterocycles. The maximum absolute atomic E-state index is 12.2. The summed E-state index contributed by atoms with van der Waals surface area (Å²) in [7, 11) is 1.99. The lowest BCUT2D eigenvalue weighted by Crippen LogP contribution is -2.34. The summed E-state index contributed by atoms with van der Waals surface area (Å²) in [6.45, 7) is 6.13. The van der Waals surface area contributed by atoms with Gasteiger partial charge in [-0.15, -0.1) is 0 Å². The van der Waals surface area contributed by atoms with Gasteiger partial charge in [0.25, 0.3) is 5.91 Å². The van der Waals surface area contributed by atoms with Gasteiger partial charge in [0.2, 0.25) is 0 Å². The second-order valence-electron chi connectivity index (χ2n) is 7.19. The number of nitrogens with one attached hydrogen (secondary N) is 1. The lowest BCUT2D eigenvalue weighted by molar-refractivity contribution is 0.0899. The minimum atomic E-state index is -0.179. The number of nitrogens with zero attached hydrogens (tertiary/aromatic N) is 5. The molecule has 0 bridgehead atoms. The highest BCUT2D eigenvalue weighted by Crippen LogP contribution is 2.34. The summed E-state index contributed by atoms with van der Waals surface area (Å²) < 4.78 is 7.93. The van der Waals surface area contributed by atoms with Crippen LogP contribution < -0.4 is 5.32 Å². The molecule has 3 atom stereocenters. The Hall–Kier alpha value is -2.32. The molecule has 0 spiro atoms. The van der Waals surface area contributed by atoms with E-state index in [1.165, 1.54) is 18.1 Å². The summed E-state index contributed by atoms with van der Waals surface area (Å²) in [6, 6.07) is 2.13. The highest BCUT2D eigenvalue weighted by molar-refractivity contribution is 5.91. The van der Waals surface area contributed by atoms with E-state index < -0.39 is 0 Å². The maximum Gasteiger partial charge on any atom is 0.271 e. The number of aryl methyl sites for hydroxylation is 2. The summed E-state index contributed by atoms with van der Waals surface area (Å²) in [5.74, 6) is 0.604. The van der Waals surface area contributed by atoms with Gasteiger partial charge in [-0.2, -0.15) is 5.10 Å². The molecule has 1 N–H and O–H groups in total. The molecule has 0 aromatic carbocycles. The molecule has 4 rings (SSSR count). The van der Waals surface area contributed by atoms with Gasteiger partial charge in [-0.25, -0.2) is 4.98 Å². The third-order valence-electron chi connectivity index (χ3n) is 5.32. The Morgan fingerprint density at radius 3 is 3.00 bits per heavy atom. The Labute approximate surface area is 152 Å². The fraction of sp³-hybridized carbons (Fsp3) is 0.556. The van der Waals surface area contributed by atoms with E-state index in [1.807, 2.05) is 18.7 Å². The van der Waals surface area contributed by atoms with Gasteiger partial charge in [-0.05, 0) is 13.0 Å². The fourth-order valence-electron chi connectivity index (χ4n) is 3.99. The van der Waals surface area contributed by atoms with Gasteiger partial charge in [0, 0.05) is 57.5 Å². The normalized spacial score (nSPS) is 25.4. The predicted octanol–water partition coefficient (Wildman–Crippen LogP) is 0.395. The molecule has 8 heteroatoms. The molecular weight excluding hydrogens is 332 g/mol. The lowest BCUT2D eigenvalue weighted by atomic mass is 9.93. The van der Waals surface area contributed by atoms with Crippen LogP contribution >= 0.6 is 0 Å². The summed E-state index contributed by atoms with van der Waals surface area (Å²) in [6.07, 6.45) is 4.82. The second-order valence-corrected chi connectivity index (χ2v) is 7.19. The Bertz CT molecular complexity index is 777. The maximum atomic E-state index is 12.2. The van der Waals surface area contributed by atoms with Crippen molar-refractivity contribution in [2.24, 2.45) is 18.9 Å². The first-order chi connectivity index (χ1) is 12.6. The van der Waals surface area contributed by atoms with Crippen molar-refractivity contribution in [3.05, 3.63) is 41.7 Å². The quantitative estimate of drug-likeness (QED) is 0.835. The minimum Gasteiger partial charge on any atom is -0.376 e. The van der Waals surface area contributed by atoms with Crippen LogP contribution in [0.4, 0.5) is 0 Å². The van der Waals surface area contributed by atoms with E-state index in [1.54, 1.807) is 6.20 Å². The van der Waals surface area contributed by atoms with Gasteiger partial charge in [0.05, 0.1) is 30.3 Å². The molecular formula is C18H24N6O2. The van der Waals surface area contributed by atoms with Crippen molar-refractivity contribution < 1.29 is 9.53 Å². The van der Waals surface area contributed by atoms with Crippen molar-refractivity contribution in [1.82, 2.24) is 30.0 Å². The molecule has 2 aliphatic heterocycles. The molecule has 0 saturated carbocycles. The topological polar surface area (TPSA) is 85.2 Å². The SMILES string of the molecule is Cc1cc(CN2C[C@H]3[C@H](CNC(=O)c4cnccn4)CO[C@H]3C2)n(C)n1. The van der Waals surface area contributed by atoms with E-state index in [-0.39, 0.29) is 12.0 Å². The number of hydrogen-bond donors (Lipinski definition) is 1. The molecule has 26 heavy (non-hydrogen) atoms. The fourth-order valence-corrected chi connectivity index (χ4v) is 3.99. The van der Waals surface area contributed by atoms with Crippen molar-refractivity contribution >= 4 is 5.91 Å². The van der Waals surface area contributed by atoms with Crippen LogP contribution in [0.3, 0.4) is 0 Å². The van der Waals surface area contributed by atoms with E-state index in [0.717, 1.165) is 25.3 Å². The second kappa shape index (κ2) is 7.13. The van der Waals surface area contributed by atoms with Gasteiger partial charge in [0.1, 0.15) is 5.69 Å². The number of amides is 1. The van der Waals surface area contributed by atoms with Crippen LogP contribution in [0, 0.1) is 18.8 Å². The average Bonchev–Trinajstić information content (AvgIpc) is 3.29. The predicted molar refractivity (Wildman–Crippen MR) is 94.3 cm³/mol. The van der Waals surface area contributed by atoms with Crippen LogP contribution in [0.15, 0.2) is 24.7 Å². The van der Waals surface area contributed by atoms with E-state index >= 15 is 0 Å². The third kappa shape index (κ3) is 3.47. The Kier molecular flexibility index (Phi) is 4.69. The number of carbonyl (C=O) groups is 1. The van der Waals surface area contributed by atoms with Crippen LogP contribution in [0.5, 0.6) is 0 Å². The highest BCUT2D eigenvalue weighted by Gasteiger charge is 2.43. The van der Waals surface area contributed by atoms with E-state index in [0.29, 0.717) is 30.7 Å². The van der Waals surface area contributed by atoms with Gasteiger partial charge in [-0.1, -0.05) is 0 Å². The van der Waals surface area contributed by atoms with Crippen molar-refractivity contribution in [2.75, 3.05) is 26.2 Å². The summed E-state index contributed by atoms with van der Waals surface area (Å²) in [4.78, 5) is 22.6. The summed E-state index contributed by atoms with van der Waals surface area (Å²) in [5.41, 5.74) is 2.61. The highest BCUT2D eigenvalue weighted by atomic mass is 16.5. The zero-order valence-electron chi connectivity index (χ0n) is 15.1. The number of carbonyl (C=O) groups excluding carboxylic acids is 1. The number of ether oxygens (including phenoxy) is 1. The molecule has 0 radical (unpaired) electrons. The van der Waals surface area contributed by atoms with Crippen LogP contribution in [-0.2, 0) is 18.3 Å². The minimum absolute atomic E-state index is 0.179. The average molecular weight is 356 g/mol. The molecule has 0 aliphatic carbocycles. The first kappa shape index (κ1) is 17.1. The van der Waals surface area contributed by atoms with Gasteiger partial charge >= 0.3 is 0 Å². The Morgan fingerprint density at radius 1 is 1.38 bits per heavy atom. The van der Waals surface area contributed by atoms with Gasteiger partial charge in [0.15, 0.2) is 0 Å². The first-order valence-electron chi connectivity index (χ1n) is 8.98. The van der Waals surface area contributed by atoms with Crippen LogP contribution in [0.1, 0.15) is 21.9 Å². The largest absolute Gasteiger partial charge is 0.376 e. The van der Waals surface area contributed by atoms with E-state index in [9.17, 15) is 4.79 Å². The van der Waals surface area contributed by atoms with Crippen molar-refractivity contribution in [1.29, 1.82) is 0 Å². The van der Waals surface area contributed by atoms with Crippen molar-refractivity contribution in [2.45, 2.75) is 19.6 Å². The summed E-state index contributed by atoms with van der Waals surface area (Å²) in [5, 5.41) is 7.39. The molecule has 138 valence electrons. The number of aromatic nitrogens is 4. The standard InChI is InChI=1S/C18H24N6O2/c1-12-5-14(23(2)22-12)8-24-9-15-13(11-26-17(15)10-24)6-21-18(25)16-7-19-3-4-20-16/h3-5,7,13,15,17H,6,8-11H2,1-2H3,(H,21,25)/t13-,15+,17+/m1/s1. The number of fused-ring (bicyclic) bond motifs is 1. The number of rotatable bonds is 5. The van der Waals surface area contributed by atoms with E-state index in [2.05, 4.69) is 31.3 Å². The molecule has 0 unspecified atom stereocenters. The monoisotopic (exact) mass is 356 g/mol. The number of likely N-dealkylation sites (tertiary alicyclic amines) is 1. The van der Waals surface area contributed by atoms with Crippen molar-refractivity contribution in [3.63, 3.8) is 0 Å². The van der Waals surface area contributed by atoms with Crippen LogP contribution in [0.2, 0.25) is 0 Å². The molecule has 2 aromatic rings. The lowest BCUT2D eigenvalue weighted by Gasteiger charge is -2.19. The van der Waals surface area contributed by atoms with Crippen molar-refractivity contribution in [3.8, 4) is 0 Å². The first-order valence-corrected chi connectivity index (χ1v) is 8.98. The zero-order valence-corrected chi connectivity index (χ0v) is 15.1. The molecule has 2 fully saturated rings. The Balaban J connectivity index is 1.32. The molecule has 1 amide bonds. The van der Waals surface area contributed by atoms with Gasteiger partial charge in [-0.3, -0.25) is 19.4 Å². The molecule has 2 aromatic heterocycles. The Morgan fingerprint density at radius 2 is 2.27 bits per heavy atom. The molecule has 2 aliphatic rings. The third-order valence-corrected chi connectivity index (χ3v) is 5.32. The van der Waals surface area contributed by atoms with Gasteiger partial charge < -0.3 is 10.1 Å². The summed E-state index contributed by atoms with van der Waals surface area (Å²) >= 11 is 0. The van der Waals surface area contributed by atoms with Crippen LogP contribution in [-0.4, -0.2) is 62.9 Å². The van der Waals surface area contributed by atoms with E-state index in [4.69, 9.17) is 4.74 Å². The molecule has 2 saturated heterocycles.